The number of carbonyl (C=O) groups excluding carboxylic acids is 1. The molecule has 3 rings (SSSR count). The number of nitrogens with one attached hydrogen (secondary N) is 2. The zero-order valence-electron chi connectivity index (χ0n) is 17.7. The topological polar surface area (TPSA) is 71.3 Å². The molecule has 2 aromatic carbocycles. The monoisotopic (exact) mass is 425 g/mol. The smallest absolute Gasteiger partial charge is 0.257 e. The predicted octanol–water partition coefficient (Wildman–Crippen LogP) is 4.24. The van der Waals surface area contributed by atoms with Gasteiger partial charge in [0.25, 0.3) is 5.91 Å². The van der Waals surface area contributed by atoms with Gasteiger partial charge >= 0.3 is 0 Å². The van der Waals surface area contributed by atoms with E-state index in [9.17, 15) is 13.6 Å². The number of aliphatic imine (C=N–C) groups is 1. The van der Waals surface area contributed by atoms with Crippen LogP contribution in [0.5, 0.6) is 0 Å². The number of para-hydroxylation sites is 1. The normalized spacial score (nSPS) is 11.5. The van der Waals surface area contributed by atoms with Crippen LogP contribution in [0.25, 0.3) is 0 Å². The van der Waals surface area contributed by atoms with Crippen molar-refractivity contribution in [3.63, 3.8) is 0 Å². The standard InChI is InChI=1S/C23H25F2N5O/c1-4-30-16(3)19(15(2)29-30)13-14-26-23(27-21-8-6-5-7-20(21)25)28-22(31)17-9-11-18(24)12-10-17/h5-12H,4,13-14H2,1-3H3,(H2,26,27,28,31). The molecule has 1 heterocycles. The molecule has 0 unspecified atom stereocenters. The van der Waals surface area contributed by atoms with Gasteiger partial charge in [0, 0.05) is 24.3 Å². The van der Waals surface area contributed by atoms with Crippen molar-refractivity contribution in [3.05, 3.63) is 82.7 Å². The molecule has 3 aromatic rings. The van der Waals surface area contributed by atoms with Crippen molar-refractivity contribution in [2.24, 2.45) is 4.99 Å². The third kappa shape index (κ3) is 5.53. The first kappa shape index (κ1) is 22.1. The van der Waals surface area contributed by atoms with E-state index in [4.69, 9.17) is 0 Å². The first-order valence-electron chi connectivity index (χ1n) is 10.0. The fraction of sp³-hybridized carbons (Fsp3) is 0.261. The van der Waals surface area contributed by atoms with Crippen molar-refractivity contribution in [2.45, 2.75) is 33.7 Å². The van der Waals surface area contributed by atoms with E-state index in [-0.39, 0.29) is 17.2 Å². The number of halogens is 2. The fourth-order valence-corrected chi connectivity index (χ4v) is 3.26. The van der Waals surface area contributed by atoms with Gasteiger partial charge in [-0.15, -0.1) is 0 Å². The number of nitrogens with zero attached hydrogens (tertiary/aromatic N) is 3. The number of rotatable bonds is 6. The molecule has 31 heavy (non-hydrogen) atoms. The number of guanidine groups is 1. The molecule has 0 spiro atoms. The molecular weight excluding hydrogens is 400 g/mol. The average molecular weight is 425 g/mol. The summed E-state index contributed by atoms with van der Waals surface area (Å²) in [6.45, 7) is 7.13. The molecule has 8 heteroatoms. The highest BCUT2D eigenvalue weighted by atomic mass is 19.1. The number of benzene rings is 2. The Labute approximate surface area is 180 Å². The van der Waals surface area contributed by atoms with E-state index in [0.29, 0.717) is 13.0 Å². The summed E-state index contributed by atoms with van der Waals surface area (Å²) in [5, 5.41) is 9.99. The second-order valence-electron chi connectivity index (χ2n) is 7.01. The molecule has 6 nitrogen and oxygen atoms in total. The lowest BCUT2D eigenvalue weighted by molar-refractivity contribution is 0.0977. The van der Waals surface area contributed by atoms with Gasteiger partial charge in [-0.3, -0.25) is 19.8 Å². The van der Waals surface area contributed by atoms with Gasteiger partial charge < -0.3 is 5.32 Å². The quantitative estimate of drug-likeness (QED) is 0.458. The number of hydrogen-bond donors (Lipinski definition) is 2. The highest BCUT2D eigenvalue weighted by Gasteiger charge is 2.13. The van der Waals surface area contributed by atoms with Crippen LogP contribution in [-0.2, 0) is 13.0 Å². The number of aromatic nitrogens is 2. The summed E-state index contributed by atoms with van der Waals surface area (Å²) >= 11 is 0. The van der Waals surface area contributed by atoms with E-state index in [2.05, 4.69) is 20.7 Å². The Morgan fingerprint density at radius 1 is 1.10 bits per heavy atom. The Kier molecular flexibility index (Phi) is 7.12. The summed E-state index contributed by atoms with van der Waals surface area (Å²) in [6.07, 6.45) is 0.618. The van der Waals surface area contributed by atoms with Crippen molar-refractivity contribution >= 4 is 17.6 Å². The Hall–Kier alpha value is -3.55. The number of hydrogen-bond acceptors (Lipinski definition) is 3. The number of carbonyl (C=O) groups is 1. The van der Waals surface area contributed by atoms with Gasteiger partial charge in [0.2, 0.25) is 5.96 Å². The highest BCUT2D eigenvalue weighted by molar-refractivity contribution is 6.09. The number of aryl methyl sites for hydroxylation is 2. The lowest BCUT2D eigenvalue weighted by atomic mass is 10.1. The molecule has 0 aliphatic rings. The summed E-state index contributed by atoms with van der Waals surface area (Å²) in [4.78, 5) is 17.0. The zero-order valence-corrected chi connectivity index (χ0v) is 17.7. The molecule has 0 saturated heterocycles. The Balaban J connectivity index is 1.79. The maximum absolute atomic E-state index is 14.1. The zero-order chi connectivity index (χ0) is 22.4. The maximum atomic E-state index is 14.1. The van der Waals surface area contributed by atoms with Gasteiger partial charge in [0.05, 0.1) is 11.4 Å². The van der Waals surface area contributed by atoms with Crippen molar-refractivity contribution in [1.82, 2.24) is 15.1 Å². The summed E-state index contributed by atoms with van der Waals surface area (Å²) in [5.74, 6) is -1.28. The highest BCUT2D eigenvalue weighted by Crippen LogP contribution is 2.15. The van der Waals surface area contributed by atoms with Crippen LogP contribution in [0, 0.1) is 25.5 Å². The summed E-state index contributed by atoms with van der Waals surface area (Å²) in [5.41, 5.74) is 3.57. The third-order valence-electron chi connectivity index (χ3n) is 4.93. The molecule has 2 N–H and O–H groups in total. The largest absolute Gasteiger partial charge is 0.323 e. The van der Waals surface area contributed by atoms with Crippen LogP contribution in [0.3, 0.4) is 0 Å². The van der Waals surface area contributed by atoms with E-state index in [1.165, 1.54) is 30.3 Å². The molecule has 1 aromatic heterocycles. The van der Waals surface area contributed by atoms with E-state index in [1.54, 1.807) is 18.2 Å². The van der Waals surface area contributed by atoms with Gasteiger partial charge in [0.1, 0.15) is 11.6 Å². The minimum atomic E-state index is -0.478. The molecule has 0 radical (unpaired) electrons. The van der Waals surface area contributed by atoms with Gasteiger partial charge in [-0.25, -0.2) is 8.78 Å². The van der Waals surface area contributed by atoms with Crippen molar-refractivity contribution in [2.75, 3.05) is 11.9 Å². The first-order valence-corrected chi connectivity index (χ1v) is 10.0. The second-order valence-corrected chi connectivity index (χ2v) is 7.01. The van der Waals surface area contributed by atoms with Gasteiger partial charge in [-0.1, -0.05) is 12.1 Å². The van der Waals surface area contributed by atoms with E-state index < -0.39 is 17.5 Å². The SMILES string of the molecule is CCn1nc(C)c(CCN=C(NC(=O)c2ccc(F)cc2)Nc2ccccc2F)c1C. The van der Waals surface area contributed by atoms with E-state index in [1.807, 2.05) is 25.5 Å². The van der Waals surface area contributed by atoms with Gasteiger partial charge in [-0.2, -0.15) is 5.10 Å². The molecular formula is C23H25F2N5O. The van der Waals surface area contributed by atoms with E-state index in [0.717, 1.165) is 23.5 Å². The third-order valence-corrected chi connectivity index (χ3v) is 4.93. The van der Waals surface area contributed by atoms with Crippen LogP contribution >= 0.6 is 0 Å². The van der Waals surface area contributed by atoms with Crippen molar-refractivity contribution in [1.29, 1.82) is 0 Å². The Bertz CT molecular complexity index is 1090. The molecule has 0 atom stereocenters. The average Bonchev–Trinajstić information content (AvgIpc) is 3.03. The van der Waals surface area contributed by atoms with Gasteiger partial charge in [-0.05, 0) is 69.2 Å². The lowest BCUT2D eigenvalue weighted by Gasteiger charge is -2.12. The summed E-state index contributed by atoms with van der Waals surface area (Å²) in [7, 11) is 0. The minimum Gasteiger partial charge on any atom is -0.323 e. The Morgan fingerprint density at radius 3 is 2.45 bits per heavy atom. The van der Waals surface area contributed by atoms with Crippen molar-refractivity contribution < 1.29 is 13.6 Å². The molecule has 162 valence electrons. The van der Waals surface area contributed by atoms with Gasteiger partial charge in [0.15, 0.2) is 0 Å². The van der Waals surface area contributed by atoms with Crippen LogP contribution in [0.15, 0.2) is 53.5 Å². The Morgan fingerprint density at radius 2 is 1.81 bits per heavy atom. The van der Waals surface area contributed by atoms with Crippen molar-refractivity contribution in [3.8, 4) is 0 Å². The summed E-state index contributed by atoms with van der Waals surface area (Å²) < 4.78 is 29.2. The maximum Gasteiger partial charge on any atom is 0.257 e. The molecule has 0 saturated carbocycles. The van der Waals surface area contributed by atoms with Crippen LogP contribution in [0.2, 0.25) is 0 Å². The number of amides is 1. The van der Waals surface area contributed by atoms with Crippen LogP contribution in [0.4, 0.5) is 14.5 Å². The van der Waals surface area contributed by atoms with Crippen LogP contribution < -0.4 is 10.6 Å². The fourth-order valence-electron chi connectivity index (χ4n) is 3.26. The molecule has 0 aliphatic carbocycles. The lowest BCUT2D eigenvalue weighted by Crippen LogP contribution is -2.36. The number of anilines is 1. The molecule has 1 amide bonds. The van der Waals surface area contributed by atoms with Crippen LogP contribution in [-0.4, -0.2) is 28.2 Å². The second kappa shape index (κ2) is 9.97. The van der Waals surface area contributed by atoms with Crippen LogP contribution in [0.1, 0.15) is 34.2 Å². The first-order chi connectivity index (χ1) is 14.9. The summed E-state index contributed by atoms with van der Waals surface area (Å²) in [6, 6.07) is 11.3. The molecule has 0 bridgehead atoms. The molecule has 0 aliphatic heterocycles. The predicted molar refractivity (Wildman–Crippen MR) is 117 cm³/mol. The van der Waals surface area contributed by atoms with E-state index >= 15 is 0 Å². The molecule has 0 fully saturated rings. The minimum absolute atomic E-state index is 0.109.